The predicted molar refractivity (Wildman–Crippen MR) is 84.1 cm³/mol. The molecule has 0 unspecified atom stereocenters. The second kappa shape index (κ2) is 6.04. The van der Waals surface area contributed by atoms with E-state index in [1.54, 1.807) is 30.3 Å². The molecule has 0 atom stereocenters. The molecule has 0 radical (unpaired) electrons. The van der Waals surface area contributed by atoms with E-state index in [-0.39, 0.29) is 0 Å². The van der Waals surface area contributed by atoms with Gasteiger partial charge in [-0.15, -0.1) is 0 Å². The molecule has 0 amide bonds. The molecule has 0 heterocycles. The molecule has 0 bridgehead atoms. The molecule has 0 aliphatic rings. The molecule has 3 nitrogen and oxygen atoms in total. The minimum Gasteiger partial charge on any atom is -0.399 e. The summed E-state index contributed by atoms with van der Waals surface area (Å²) in [6.07, 6.45) is 0. The Morgan fingerprint density at radius 1 is 1.20 bits per heavy atom. The number of nitriles is 1. The van der Waals surface area contributed by atoms with Crippen molar-refractivity contribution in [2.45, 2.75) is 6.54 Å². The second-order valence-electron chi connectivity index (χ2n) is 4.48. The normalized spacial score (nSPS) is 10.1. The highest BCUT2D eigenvalue weighted by atomic mass is 35.5. The van der Waals surface area contributed by atoms with E-state index in [0.29, 0.717) is 27.8 Å². The highest BCUT2D eigenvalue weighted by Gasteiger charge is 2.10. The molecule has 2 aromatic carbocycles. The van der Waals surface area contributed by atoms with Crippen LogP contribution >= 0.6 is 23.2 Å². The van der Waals surface area contributed by atoms with Crippen molar-refractivity contribution in [3.8, 4) is 6.07 Å². The van der Waals surface area contributed by atoms with Crippen molar-refractivity contribution in [3.05, 3.63) is 57.6 Å². The molecule has 0 aliphatic carbocycles. The van der Waals surface area contributed by atoms with Crippen LogP contribution in [0.2, 0.25) is 10.0 Å². The van der Waals surface area contributed by atoms with Crippen LogP contribution in [0.1, 0.15) is 11.1 Å². The van der Waals surface area contributed by atoms with Gasteiger partial charge in [-0.1, -0.05) is 23.2 Å². The molecule has 2 rings (SSSR count). The van der Waals surface area contributed by atoms with Crippen molar-refractivity contribution in [2.75, 3.05) is 17.7 Å². The molecule has 0 fully saturated rings. The quantitative estimate of drug-likeness (QED) is 0.869. The highest BCUT2D eigenvalue weighted by molar-refractivity contribution is 6.31. The fourth-order valence-electron chi connectivity index (χ4n) is 1.97. The molecule has 0 saturated carbocycles. The third kappa shape index (κ3) is 3.16. The zero-order valence-corrected chi connectivity index (χ0v) is 12.4. The summed E-state index contributed by atoms with van der Waals surface area (Å²) in [6, 6.07) is 12.7. The van der Waals surface area contributed by atoms with Crippen molar-refractivity contribution in [1.82, 2.24) is 0 Å². The molecule has 0 aliphatic heterocycles. The maximum atomic E-state index is 9.16. The Labute approximate surface area is 128 Å². The fraction of sp³-hybridized carbons (Fsp3) is 0.133. The number of nitrogens with two attached hydrogens (primary N) is 1. The summed E-state index contributed by atoms with van der Waals surface area (Å²) in [6.45, 7) is 0.541. The van der Waals surface area contributed by atoms with Gasteiger partial charge in [0.1, 0.15) is 6.07 Å². The first kappa shape index (κ1) is 14.5. The number of hydrogen-bond donors (Lipinski definition) is 1. The van der Waals surface area contributed by atoms with Gasteiger partial charge in [0, 0.05) is 29.3 Å². The summed E-state index contributed by atoms with van der Waals surface area (Å²) in [5.74, 6) is 0. The van der Waals surface area contributed by atoms with Crippen LogP contribution in [0.5, 0.6) is 0 Å². The van der Waals surface area contributed by atoms with Crippen LogP contribution in [-0.4, -0.2) is 7.05 Å². The van der Waals surface area contributed by atoms with E-state index in [1.807, 2.05) is 18.0 Å². The predicted octanol–water partition coefficient (Wildman–Crippen LogP) is 4.08. The number of benzene rings is 2. The van der Waals surface area contributed by atoms with Gasteiger partial charge in [0.2, 0.25) is 0 Å². The van der Waals surface area contributed by atoms with Crippen LogP contribution in [0, 0.1) is 11.3 Å². The summed E-state index contributed by atoms with van der Waals surface area (Å²) < 4.78 is 0. The molecule has 2 N–H and O–H groups in total. The van der Waals surface area contributed by atoms with Crippen LogP contribution < -0.4 is 10.6 Å². The van der Waals surface area contributed by atoms with E-state index in [4.69, 9.17) is 34.2 Å². The lowest BCUT2D eigenvalue weighted by Gasteiger charge is -2.21. The van der Waals surface area contributed by atoms with E-state index in [2.05, 4.69) is 6.07 Å². The topological polar surface area (TPSA) is 53.0 Å². The lowest BCUT2D eigenvalue weighted by molar-refractivity contribution is 0.921. The number of rotatable bonds is 3. The van der Waals surface area contributed by atoms with E-state index in [0.717, 1.165) is 11.3 Å². The van der Waals surface area contributed by atoms with Gasteiger partial charge in [-0.05, 0) is 42.0 Å². The average molecular weight is 306 g/mol. The molecule has 20 heavy (non-hydrogen) atoms. The summed E-state index contributed by atoms with van der Waals surface area (Å²) >= 11 is 12.2. The molecule has 5 heteroatoms. The molecular formula is C15H13Cl2N3. The van der Waals surface area contributed by atoms with Gasteiger partial charge in [0.05, 0.1) is 11.3 Å². The van der Waals surface area contributed by atoms with Gasteiger partial charge in [-0.2, -0.15) is 5.26 Å². The molecule has 102 valence electrons. The molecule has 0 spiro atoms. The van der Waals surface area contributed by atoms with Gasteiger partial charge >= 0.3 is 0 Å². The lowest BCUT2D eigenvalue weighted by atomic mass is 10.1. The summed E-state index contributed by atoms with van der Waals surface area (Å²) in [4.78, 5) is 1.92. The number of halogens is 2. The Morgan fingerprint density at radius 2 is 1.95 bits per heavy atom. The number of nitrogen functional groups attached to an aromatic ring is 1. The largest absolute Gasteiger partial charge is 0.399 e. The molecule has 0 aromatic heterocycles. The third-order valence-electron chi connectivity index (χ3n) is 2.97. The maximum absolute atomic E-state index is 9.16. The fourth-order valence-corrected chi connectivity index (χ4v) is 2.32. The van der Waals surface area contributed by atoms with E-state index in [9.17, 15) is 0 Å². The highest BCUT2D eigenvalue weighted by Crippen LogP contribution is 2.27. The minimum atomic E-state index is 0.541. The summed E-state index contributed by atoms with van der Waals surface area (Å²) in [5, 5.41) is 10.4. The number of anilines is 2. The lowest BCUT2D eigenvalue weighted by Crippen LogP contribution is -2.18. The monoisotopic (exact) mass is 305 g/mol. The second-order valence-corrected chi connectivity index (χ2v) is 5.32. The molecule has 0 saturated heterocycles. The third-order valence-corrected chi connectivity index (χ3v) is 3.57. The maximum Gasteiger partial charge on any atom is 0.101 e. The van der Waals surface area contributed by atoms with Crippen LogP contribution in [0.3, 0.4) is 0 Å². The van der Waals surface area contributed by atoms with E-state index >= 15 is 0 Å². The van der Waals surface area contributed by atoms with E-state index in [1.165, 1.54) is 0 Å². The van der Waals surface area contributed by atoms with Gasteiger partial charge in [0.15, 0.2) is 0 Å². The molecular weight excluding hydrogens is 293 g/mol. The first-order valence-corrected chi connectivity index (χ1v) is 6.71. The van der Waals surface area contributed by atoms with E-state index < -0.39 is 0 Å². The SMILES string of the molecule is CN(Cc1cc(N)ccc1Cl)c1cc(Cl)ccc1C#N. The first-order valence-electron chi connectivity index (χ1n) is 5.96. The zero-order valence-electron chi connectivity index (χ0n) is 10.9. The van der Waals surface area contributed by atoms with Crippen LogP contribution in [0.15, 0.2) is 36.4 Å². The van der Waals surface area contributed by atoms with Gasteiger partial charge in [0.25, 0.3) is 0 Å². The van der Waals surface area contributed by atoms with Crippen LogP contribution in [-0.2, 0) is 6.54 Å². The number of hydrogen-bond acceptors (Lipinski definition) is 3. The van der Waals surface area contributed by atoms with Gasteiger partial charge < -0.3 is 10.6 Å². The minimum absolute atomic E-state index is 0.541. The van der Waals surface area contributed by atoms with Gasteiger partial charge in [-0.3, -0.25) is 0 Å². The Balaban J connectivity index is 2.33. The number of nitrogens with zero attached hydrogens (tertiary/aromatic N) is 2. The van der Waals surface area contributed by atoms with Crippen molar-refractivity contribution in [2.24, 2.45) is 0 Å². The van der Waals surface area contributed by atoms with Crippen molar-refractivity contribution >= 4 is 34.6 Å². The van der Waals surface area contributed by atoms with Crippen molar-refractivity contribution in [3.63, 3.8) is 0 Å². The first-order chi connectivity index (χ1) is 9.51. The van der Waals surface area contributed by atoms with Crippen molar-refractivity contribution < 1.29 is 0 Å². The standard InChI is InChI=1S/C15H13Cl2N3/c1-20(9-11-6-13(19)4-5-14(11)17)15-7-12(16)3-2-10(15)8-18/h2-7H,9,19H2,1H3. The van der Waals surface area contributed by atoms with Gasteiger partial charge in [-0.25, -0.2) is 0 Å². The zero-order chi connectivity index (χ0) is 14.7. The summed E-state index contributed by atoms with van der Waals surface area (Å²) in [7, 11) is 1.88. The average Bonchev–Trinajstić information content (AvgIpc) is 2.42. The van der Waals surface area contributed by atoms with Crippen LogP contribution in [0.4, 0.5) is 11.4 Å². The molecule has 2 aromatic rings. The Bertz CT molecular complexity index is 677. The smallest absolute Gasteiger partial charge is 0.101 e. The Hall–Kier alpha value is -1.89. The van der Waals surface area contributed by atoms with Crippen molar-refractivity contribution in [1.29, 1.82) is 5.26 Å². The Kier molecular flexibility index (Phi) is 4.39. The Morgan fingerprint density at radius 3 is 2.65 bits per heavy atom. The summed E-state index contributed by atoms with van der Waals surface area (Å²) in [5.41, 5.74) is 8.66. The van der Waals surface area contributed by atoms with Crippen LogP contribution in [0.25, 0.3) is 0 Å².